The number of amides is 1. The van der Waals surface area contributed by atoms with Gasteiger partial charge in [-0.2, -0.15) is 0 Å². The van der Waals surface area contributed by atoms with Gasteiger partial charge in [0.05, 0.1) is 17.8 Å². The molecule has 4 rings (SSSR count). The second kappa shape index (κ2) is 5.53. The maximum Gasteiger partial charge on any atom is 0.407 e. The van der Waals surface area contributed by atoms with Gasteiger partial charge in [0, 0.05) is 25.0 Å². The first-order chi connectivity index (χ1) is 12.2. The number of carboxylic acid groups (broad SMARTS) is 1. The highest BCUT2D eigenvalue weighted by molar-refractivity contribution is 5.76. The SMILES string of the molecule is CC(C)(C)C12CCN(c3cnc4cccc(F)c4n3)C[C@H]1N(C(=O)O)C2. The molecule has 2 aliphatic heterocycles. The summed E-state index contributed by atoms with van der Waals surface area (Å²) >= 11 is 0. The van der Waals surface area contributed by atoms with Crippen LogP contribution in [0.15, 0.2) is 24.4 Å². The number of piperidine rings is 1. The third-order valence-electron chi connectivity index (χ3n) is 6.26. The van der Waals surface area contributed by atoms with Crippen LogP contribution in [0.25, 0.3) is 11.0 Å². The molecule has 1 aromatic carbocycles. The summed E-state index contributed by atoms with van der Waals surface area (Å²) in [5.41, 5.74) is 0.751. The molecule has 0 spiro atoms. The van der Waals surface area contributed by atoms with Gasteiger partial charge < -0.3 is 14.9 Å². The molecule has 2 aliphatic rings. The average Bonchev–Trinajstić information content (AvgIpc) is 2.55. The van der Waals surface area contributed by atoms with E-state index in [-0.39, 0.29) is 22.4 Å². The Morgan fingerprint density at radius 3 is 2.85 bits per heavy atom. The normalized spacial score (nSPS) is 25.8. The Bertz CT molecular complexity index is 881. The lowest BCUT2D eigenvalue weighted by Gasteiger charge is -2.66. The van der Waals surface area contributed by atoms with Crippen molar-refractivity contribution in [2.45, 2.75) is 33.2 Å². The highest BCUT2D eigenvalue weighted by atomic mass is 19.1. The third kappa shape index (κ3) is 2.33. The number of nitrogens with zero attached hydrogens (tertiary/aromatic N) is 4. The number of fused-ring (bicyclic) bond motifs is 2. The van der Waals surface area contributed by atoms with Crippen LogP contribution in [-0.4, -0.2) is 51.7 Å². The minimum Gasteiger partial charge on any atom is -0.465 e. The van der Waals surface area contributed by atoms with E-state index in [0.29, 0.717) is 24.4 Å². The molecule has 0 saturated carbocycles. The highest BCUT2D eigenvalue weighted by Gasteiger charge is 2.62. The first-order valence-corrected chi connectivity index (χ1v) is 8.89. The molecule has 26 heavy (non-hydrogen) atoms. The molecule has 0 aliphatic carbocycles. The summed E-state index contributed by atoms with van der Waals surface area (Å²) in [6.07, 6.45) is 1.64. The van der Waals surface area contributed by atoms with Gasteiger partial charge in [0.25, 0.3) is 0 Å². The molecule has 7 heteroatoms. The van der Waals surface area contributed by atoms with Crippen LogP contribution in [0.2, 0.25) is 0 Å². The van der Waals surface area contributed by atoms with Crippen molar-refractivity contribution in [1.29, 1.82) is 0 Å². The van der Waals surface area contributed by atoms with Crippen molar-refractivity contribution in [3.63, 3.8) is 0 Å². The molecule has 1 amide bonds. The van der Waals surface area contributed by atoms with E-state index in [9.17, 15) is 14.3 Å². The Morgan fingerprint density at radius 2 is 2.15 bits per heavy atom. The lowest BCUT2D eigenvalue weighted by molar-refractivity contribution is -0.134. The molecular formula is C19H23FN4O2. The largest absolute Gasteiger partial charge is 0.465 e. The minimum absolute atomic E-state index is 0.0108. The monoisotopic (exact) mass is 358 g/mol. The van der Waals surface area contributed by atoms with E-state index in [1.165, 1.54) is 11.0 Å². The van der Waals surface area contributed by atoms with Crippen LogP contribution >= 0.6 is 0 Å². The summed E-state index contributed by atoms with van der Waals surface area (Å²) in [7, 11) is 0. The Balaban J connectivity index is 1.66. The smallest absolute Gasteiger partial charge is 0.407 e. The van der Waals surface area contributed by atoms with Crippen LogP contribution in [0, 0.1) is 16.6 Å². The number of hydrogen-bond donors (Lipinski definition) is 1. The lowest BCUT2D eigenvalue weighted by Crippen LogP contribution is -2.76. The van der Waals surface area contributed by atoms with E-state index >= 15 is 0 Å². The quantitative estimate of drug-likeness (QED) is 0.846. The van der Waals surface area contributed by atoms with E-state index in [2.05, 4.69) is 30.7 Å². The van der Waals surface area contributed by atoms with Gasteiger partial charge in [-0.15, -0.1) is 0 Å². The molecule has 6 nitrogen and oxygen atoms in total. The van der Waals surface area contributed by atoms with Crippen LogP contribution in [0.3, 0.4) is 0 Å². The van der Waals surface area contributed by atoms with E-state index in [0.717, 1.165) is 13.0 Å². The van der Waals surface area contributed by atoms with Crippen LogP contribution in [0.5, 0.6) is 0 Å². The molecule has 2 fully saturated rings. The van der Waals surface area contributed by atoms with Gasteiger partial charge >= 0.3 is 6.09 Å². The minimum atomic E-state index is -0.882. The Morgan fingerprint density at radius 1 is 1.38 bits per heavy atom. The second-order valence-corrected chi connectivity index (χ2v) is 8.36. The first-order valence-electron chi connectivity index (χ1n) is 8.89. The highest BCUT2D eigenvalue weighted by Crippen LogP contribution is 2.55. The molecule has 1 N–H and O–H groups in total. The predicted octanol–water partition coefficient (Wildman–Crippen LogP) is 3.37. The summed E-state index contributed by atoms with van der Waals surface area (Å²) in [6, 6.07) is 4.63. The van der Waals surface area contributed by atoms with Crippen LogP contribution in [-0.2, 0) is 0 Å². The van der Waals surface area contributed by atoms with Crippen LogP contribution < -0.4 is 4.90 Å². The van der Waals surface area contributed by atoms with Gasteiger partial charge in [-0.05, 0) is 24.0 Å². The standard InChI is InChI=1S/C19H23FN4O2/c1-18(2,3)19-7-8-23(10-14(19)24(11-19)17(25)26)15-9-21-13-6-4-5-12(20)16(13)22-15/h4-6,9,14H,7-8,10-11H2,1-3H3,(H,25,26)/t14-,19?/m1/s1. The molecule has 0 bridgehead atoms. The average molecular weight is 358 g/mol. The van der Waals surface area contributed by atoms with Gasteiger partial charge in [-0.1, -0.05) is 26.8 Å². The van der Waals surface area contributed by atoms with E-state index in [4.69, 9.17) is 0 Å². The van der Waals surface area contributed by atoms with Gasteiger partial charge in [0.2, 0.25) is 0 Å². The van der Waals surface area contributed by atoms with E-state index < -0.39 is 11.9 Å². The number of anilines is 1. The number of hydrogen-bond acceptors (Lipinski definition) is 4. The lowest BCUT2D eigenvalue weighted by atomic mass is 9.54. The molecule has 2 saturated heterocycles. The van der Waals surface area contributed by atoms with Gasteiger partial charge in [-0.3, -0.25) is 4.98 Å². The fourth-order valence-corrected chi connectivity index (χ4v) is 4.52. The fourth-order valence-electron chi connectivity index (χ4n) is 4.52. The summed E-state index contributed by atoms with van der Waals surface area (Å²) in [5.74, 6) is 0.205. The molecule has 0 radical (unpaired) electrons. The number of benzene rings is 1. The second-order valence-electron chi connectivity index (χ2n) is 8.36. The van der Waals surface area contributed by atoms with Crippen molar-refractivity contribution in [3.8, 4) is 0 Å². The zero-order chi connectivity index (χ0) is 18.7. The number of aromatic nitrogens is 2. The topological polar surface area (TPSA) is 69.6 Å². The Labute approximate surface area is 151 Å². The Kier molecular flexibility index (Phi) is 3.61. The first kappa shape index (κ1) is 17.0. The summed E-state index contributed by atoms with van der Waals surface area (Å²) in [4.78, 5) is 23.9. The van der Waals surface area contributed by atoms with Gasteiger partial charge in [-0.25, -0.2) is 14.2 Å². The number of rotatable bonds is 1. The number of halogens is 1. The molecule has 1 unspecified atom stereocenters. The predicted molar refractivity (Wildman–Crippen MR) is 96.7 cm³/mol. The Hall–Kier alpha value is -2.44. The third-order valence-corrected chi connectivity index (χ3v) is 6.26. The van der Waals surface area contributed by atoms with E-state index in [1.807, 2.05) is 4.90 Å². The van der Waals surface area contributed by atoms with Crippen molar-refractivity contribution in [2.24, 2.45) is 10.8 Å². The number of para-hydroxylation sites is 1. The summed E-state index contributed by atoms with van der Waals surface area (Å²) in [6.45, 7) is 8.43. The molecule has 2 atom stereocenters. The van der Waals surface area contributed by atoms with Gasteiger partial charge in [0.1, 0.15) is 11.3 Å². The summed E-state index contributed by atoms with van der Waals surface area (Å²) in [5, 5.41) is 9.52. The van der Waals surface area contributed by atoms with Crippen molar-refractivity contribution < 1.29 is 14.3 Å². The van der Waals surface area contributed by atoms with Crippen molar-refractivity contribution in [3.05, 3.63) is 30.2 Å². The van der Waals surface area contributed by atoms with Crippen molar-refractivity contribution in [1.82, 2.24) is 14.9 Å². The maximum absolute atomic E-state index is 14.1. The summed E-state index contributed by atoms with van der Waals surface area (Å²) < 4.78 is 14.1. The van der Waals surface area contributed by atoms with Gasteiger partial charge in [0.15, 0.2) is 5.82 Å². The molecule has 2 aromatic rings. The van der Waals surface area contributed by atoms with E-state index in [1.54, 1.807) is 18.3 Å². The molecule has 3 heterocycles. The maximum atomic E-state index is 14.1. The zero-order valence-electron chi connectivity index (χ0n) is 15.2. The van der Waals surface area contributed by atoms with Crippen LogP contribution in [0.4, 0.5) is 15.0 Å². The number of likely N-dealkylation sites (tertiary alicyclic amines) is 1. The van der Waals surface area contributed by atoms with Crippen molar-refractivity contribution in [2.75, 3.05) is 24.5 Å². The number of carbonyl (C=O) groups is 1. The molecule has 1 aromatic heterocycles. The zero-order valence-corrected chi connectivity index (χ0v) is 15.2. The van der Waals surface area contributed by atoms with Crippen LogP contribution in [0.1, 0.15) is 27.2 Å². The molecular weight excluding hydrogens is 335 g/mol. The van der Waals surface area contributed by atoms with Crippen molar-refractivity contribution >= 4 is 22.9 Å². The molecule has 138 valence electrons. The fraction of sp³-hybridized carbons (Fsp3) is 0.526.